The fraction of sp³-hybridized carbons (Fsp3) is 0.533. The van der Waals surface area contributed by atoms with E-state index in [4.69, 9.17) is 4.74 Å². The van der Waals surface area contributed by atoms with E-state index in [2.05, 4.69) is 4.90 Å². The minimum atomic E-state index is -4.66. The quantitative estimate of drug-likeness (QED) is 0.762. The molecule has 2 fully saturated rings. The van der Waals surface area contributed by atoms with Crippen molar-refractivity contribution in [2.24, 2.45) is 0 Å². The third-order valence-electron chi connectivity index (χ3n) is 4.26. The summed E-state index contributed by atoms with van der Waals surface area (Å²) in [5.41, 5.74) is 1.99. The van der Waals surface area contributed by atoms with Crippen LogP contribution in [-0.4, -0.2) is 57.3 Å². The SMILES string of the molecule is O=C1CC(S(=O)(=O)F)CN1Cc1ccc(N2CCOCC2)cc1. The Morgan fingerprint density at radius 3 is 2.39 bits per heavy atom. The number of benzene rings is 1. The molecular formula is C15H19FN2O4S. The monoisotopic (exact) mass is 342 g/mol. The van der Waals surface area contributed by atoms with Crippen molar-refractivity contribution in [2.45, 2.75) is 18.2 Å². The van der Waals surface area contributed by atoms with Gasteiger partial charge in [-0.1, -0.05) is 12.1 Å². The Hall–Kier alpha value is -1.67. The summed E-state index contributed by atoms with van der Waals surface area (Å²) in [5.74, 6) is -0.325. The summed E-state index contributed by atoms with van der Waals surface area (Å²) in [4.78, 5) is 15.4. The Kier molecular flexibility index (Phi) is 4.54. The van der Waals surface area contributed by atoms with E-state index in [0.717, 1.165) is 24.3 Å². The first-order chi connectivity index (χ1) is 10.9. The zero-order valence-corrected chi connectivity index (χ0v) is 13.5. The molecule has 0 aromatic heterocycles. The zero-order chi connectivity index (χ0) is 16.4. The van der Waals surface area contributed by atoms with Gasteiger partial charge in [-0.15, -0.1) is 3.89 Å². The van der Waals surface area contributed by atoms with Crippen molar-refractivity contribution < 1.29 is 21.8 Å². The van der Waals surface area contributed by atoms with E-state index in [9.17, 15) is 17.1 Å². The number of ether oxygens (including phenoxy) is 1. The van der Waals surface area contributed by atoms with E-state index in [-0.39, 0.29) is 18.9 Å². The lowest BCUT2D eigenvalue weighted by atomic mass is 10.2. The molecule has 0 spiro atoms. The van der Waals surface area contributed by atoms with Gasteiger partial charge in [-0.05, 0) is 17.7 Å². The number of halogens is 1. The highest BCUT2D eigenvalue weighted by molar-refractivity contribution is 7.87. The number of rotatable bonds is 4. The molecule has 1 aromatic rings. The zero-order valence-electron chi connectivity index (χ0n) is 12.7. The molecule has 126 valence electrons. The summed E-state index contributed by atoms with van der Waals surface area (Å²) < 4.78 is 40.2. The topological polar surface area (TPSA) is 66.9 Å². The smallest absolute Gasteiger partial charge is 0.307 e. The maximum Gasteiger partial charge on any atom is 0.307 e. The van der Waals surface area contributed by atoms with Gasteiger partial charge >= 0.3 is 10.2 Å². The van der Waals surface area contributed by atoms with Crippen LogP contribution in [0, 0.1) is 0 Å². The maximum absolute atomic E-state index is 13.0. The molecule has 8 heteroatoms. The molecule has 2 saturated heterocycles. The van der Waals surface area contributed by atoms with E-state index in [0.29, 0.717) is 19.8 Å². The van der Waals surface area contributed by atoms with Crippen LogP contribution in [0.25, 0.3) is 0 Å². The third kappa shape index (κ3) is 3.81. The Balaban J connectivity index is 1.63. The second-order valence-electron chi connectivity index (χ2n) is 5.84. The number of carbonyl (C=O) groups is 1. The highest BCUT2D eigenvalue weighted by atomic mass is 32.3. The second-order valence-corrected chi connectivity index (χ2v) is 7.46. The molecule has 0 saturated carbocycles. The second kappa shape index (κ2) is 6.45. The van der Waals surface area contributed by atoms with E-state index < -0.39 is 15.5 Å². The number of likely N-dealkylation sites (tertiary alicyclic amines) is 1. The van der Waals surface area contributed by atoms with Crippen LogP contribution in [0.15, 0.2) is 24.3 Å². The Labute approximate surface area is 135 Å². The van der Waals surface area contributed by atoms with Crippen molar-refractivity contribution in [1.82, 2.24) is 4.90 Å². The van der Waals surface area contributed by atoms with Gasteiger partial charge < -0.3 is 14.5 Å². The fourth-order valence-electron chi connectivity index (χ4n) is 2.93. The summed E-state index contributed by atoms with van der Waals surface area (Å²) in [7, 11) is -4.66. The molecule has 1 amide bonds. The van der Waals surface area contributed by atoms with E-state index >= 15 is 0 Å². The molecule has 0 radical (unpaired) electrons. The van der Waals surface area contributed by atoms with Gasteiger partial charge in [-0.2, -0.15) is 8.42 Å². The average molecular weight is 342 g/mol. The standard InChI is InChI=1S/C15H19FN2O4S/c16-23(20,21)14-9-15(19)18(11-14)10-12-1-3-13(4-2-12)17-5-7-22-8-6-17/h1-4,14H,5-11H2. The van der Waals surface area contributed by atoms with Crippen LogP contribution in [0.1, 0.15) is 12.0 Å². The van der Waals surface area contributed by atoms with Crippen LogP contribution in [0.3, 0.4) is 0 Å². The van der Waals surface area contributed by atoms with Crippen molar-refractivity contribution >= 4 is 21.8 Å². The lowest BCUT2D eigenvalue weighted by Gasteiger charge is -2.29. The molecule has 2 heterocycles. The van der Waals surface area contributed by atoms with Gasteiger partial charge in [0.25, 0.3) is 0 Å². The Morgan fingerprint density at radius 2 is 1.83 bits per heavy atom. The lowest BCUT2D eigenvalue weighted by molar-refractivity contribution is -0.128. The normalized spacial score (nSPS) is 22.7. The fourth-order valence-corrected chi connectivity index (χ4v) is 3.63. The minimum absolute atomic E-state index is 0.0805. The van der Waals surface area contributed by atoms with Gasteiger partial charge in [0.1, 0.15) is 5.25 Å². The van der Waals surface area contributed by atoms with Crippen LogP contribution in [-0.2, 0) is 26.3 Å². The summed E-state index contributed by atoms with van der Waals surface area (Å²) in [6, 6.07) is 7.78. The van der Waals surface area contributed by atoms with Crippen LogP contribution in [0.5, 0.6) is 0 Å². The maximum atomic E-state index is 13.0. The minimum Gasteiger partial charge on any atom is -0.378 e. The number of nitrogens with zero attached hydrogens (tertiary/aromatic N) is 2. The predicted octanol–water partition coefficient (Wildman–Crippen LogP) is 0.923. The number of hydrogen-bond donors (Lipinski definition) is 0. The van der Waals surface area contributed by atoms with Crippen molar-refractivity contribution in [1.29, 1.82) is 0 Å². The molecule has 3 rings (SSSR count). The first-order valence-corrected chi connectivity index (χ1v) is 9.01. The number of hydrogen-bond acceptors (Lipinski definition) is 5. The average Bonchev–Trinajstić information content (AvgIpc) is 2.90. The van der Waals surface area contributed by atoms with Gasteiger partial charge in [0, 0.05) is 38.3 Å². The molecule has 0 N–H and O–H groups in total. The molecule has 1 aromatic carbocycles. The van der Waals surface area contributed by atoms with Gasteiger partial charge in [-0.3, -0.25) is 4.79 Å². The highest BCUT2D eigenvalue weighted by Crippen LogP contribution is 2.23. The van der Waals surface area contributed by atoms with Crippen LogP contribution in [0.2, 0.25) is 0 Å². The summed E-state index contributed by atoms with van der Waals surface area (Å²) in [6.07, 6.45) is -0.273. The number of morpholine rings is 1. The first-order valence-electron chi connectivity index (χ1n) is 7.56. The third-order valence-corrected chi connectivity index (χ3v) is 5.38. The predicted molar refractivity (Wildman–Crippen MR) is 83.3 cm³/mol. The van der Waals surface area contributed by atoms with E-state index in [1.807, 2.05) is 24.3 Å². The molecule has 2 aliphatic rings. The van der Waals surface area contributed by atoms with Crippen LogP contribution < -0.4 is 4.90 Å². The van der Waals surface area contributed by atoms with Crippen LogP contribution in [0.4, 0.5) is 9.57 Å². The van der Waals surface area contributed by atoms with Gasteiger partial charge in [0.2, 0.25) is 5.91 Å². The summed E-state index contributed by atoms with van der Waals surface area (Å²) >= 11 is 0. The summed E-state index contributed by atoms with van der Waals surface area (Å²) in [5, 5.41) is -1.23. The van der Waals surface area contributed by atoms with Crippen molar-refractivity contribution in [3.8, 4) is 0 Å². The number of amides is 1. The summed E-state index contributed by atoms with van der Waals surface area (Å²) in [6.45, 7) is 3.34. The van der Waals surface area contributed by atoms with Gasteiger partial charge in [-0.25, -0.2) is 0 Å². The molecule has 2 aliphatic heterocycles. The first kappa shape index (κ1) is 16.2. The van der Waals surface area contributed by atoms with E-state index in [1.54, 1.807) is 0 Å². The van der Waals surface area contributed by atoms with Crippen LogP contribution >= 0.6 is 0 Å². The number of anilines is 1. The molecular weight excluding hydrogens is 323 g/mol. The van der Waals surface area contributed by atoms with Gasteiger partial charge in [0.15, 0.2) is 0 Å². The molecule has 1 atom stereocenters. The largest absolute Gasteiger partial charge is 0.378 e. The van der Waals surface area contributed by atoms with Crippen molar-refractivity contribution in [2.75, 3.05) is 37.7 Å². The van der Waals surface area contributed by atoms with E-state index in [1.165, 1.54) is 4.90 Å². The molecule has 6 nitrogen and oxygen atoms in total. The Morgan fingerprint density at radius 1 is 1.17 bits per heavy atom. The molecule has 0 aliphatic carbocycles. The Bertz CT molecular complexity index is 671. The lowest BCUT2D eigenvalue weighted by Crippen LogP contribution is -2.36. The van der Waals surface area contributed by atoms with Crippen molar-refractivity contribution in [3.05, 3.63) is 29.8 Å². The number of carbonyl (C=O) groups excluding carboxylic acids is 1. The molecule has 23 heavy (non-hydrogen) atoms. The highest BCUT2D eigenvalue weighted by Gasteiger charge is 2.38. The van der Waals surface area contributed by atoms with Crippen molar-refractivity contribution in [3.63, 3.8) is 0 Å². The molecule has 1 unspecified atom stereocenters. The molecule has 0 bridgehead atoms. The van der Waals surface area contributed by atoms with Gasteiger partial charge in [0.05, 0.1) is 13.2 Å².